The highest BCUT2D eigenvalue weighted by molar-refractivity contribution is 5.84. The molecule has 0 bridgehead atoms. The third-order valence-electron chi connectivity index (χ3n) is 4.35. The molecular formula is C16H23N5O3. The van der Waals surface area contributed by atoms with Crippen LogP contribution < -0.4 is 11.4 Å². The molecule has 0 saturated heterocycles. The topological polar surface area (TPSA) is 106 Å². The van der Waals surface area contributed by atoms with Crippen LogP contribution in [-0.4, -0.2) is 44.2 Å². The molecule has 130 valence electrons. The van der Waals surface area contributed by atoms with E-state index in [1.54, 1.807) is 28.8 Å². The second kappa shape index (κ2) is 5.54. The first kappa shape index (κ1) is 16.4. The summed E-state index contributed by atoms with van der Waals surface area (Å²) in [7, 11) is 1.73. The molecule has 0 aromatic carbocycles. The van der Waals surface area contributed by atoms with Gasteiger partial charge in [-0.1, -0.05) is 0 Å². The maximum Gasteiger partial charge on any atom is 0.410 e. The van der Waals surface area contributed by atoms with E-state index in [4.69, 9.17) is 10.5 Å². The summed E-state index contributed by atoms with van der Waals surface area (Å²) < 4.78 is 7.08. The molecule has 0 atom stereocenters. The first-order valence-corrected chi connectivity index (χ1v) is 7.98. The van der Waals surface area contributed by atoms with Gasteiger partial charge in [0.2, 0.25) is 0 Å². The normalized spacial score (nSPS) is 20.7. The molecule has 2 aromatic rings. The Balaban J connectivity index is 1.73. The molecule has 0 spiro atoms. The predicted molar refractivity (Wildman–Crippen MR) is 90.8 cm³/mol. The van der Waals surface area contributed by atoms with Crippen molar-refractivity contribution in [3.63, 3.8) is 0 Å². The Labute approximate surface area is 139 Å². The lowest BCUT2D eigenvalue weighted by Gasteiger charge is -2.41. The number of carbonyl (C=O) groups excluding carboxylic acids is 1. The lowest BCUT2D eigenvalue weighted by Crippen LogP contribution is -2.48. The van der Waals surface area contributed by atoms with Crippen molar-refractivity contribution in [2.75, 3.05) is 12.8 Å². The number of carbonyl (C=O) groups is 1. The molecular weight excluding hydrogens is 310 g/mol. The monoisotopic (exact) mass is 333 g/mol. The summed E-state index contributed by atoms with van der Waals surface area (Å²) in [5.74, 6) is 0.310. The quantitative estimate of drug-likeness (QED) is 0.872. The fourth-order valence-corrected chi connectivity index (χ4v) is 3.00. The molecule has 24 heavy (non-hydrogen) atoms. The third kappa shape index (κ3) is 2.83. The molecule has 3 N–H and O–H groups in total. The van der Waals surface area contributed by atoms with Gasteiger partial charge < -0.3 is 20.4 Å². The molecule has 0 aliphatic heterocycles. The molecule has 2 heterocycles. The highest BCUT2D eigenvalue weighted by Crippen LogP contribution is 2.36. The van der Waals surface area contributed by atoms with Crippen molar-refractivity contribution in [1.29, 1.82) is 0 Å². The van der Waals surface area contributed by atoms with E-state index < -0.39 is 5.60 Å². The summed E-state index contributed by atoms with van der Waals surface area (Å²) in [4.78, 5) is 32.7. The number of nitrogens with zero attached hydrogens (tertiary/aromatic N) is 3. The van der Waals surface area contributed by atoms with Crippen molar-refractivity contribution >= 4 is 22.9 Å². The molecule has 0 unspecified atom stereocenters. The number of H-pyrrole nitrogens is 1. The van der Waals surface area contributed by atoms with Gasteiger partial charge in [-0.15, -0.1) is 0 Å². The van der Waals surface area contributed by atoms with Crippen LogP contribution in [0, 0.1) is 0 Å². The molecule has 1 amide bonds. The van der Waals surface area contributed by atoms with Crippen LogP contribution in [0.15, 0.2) is 17.1 Å². The van der Waals surface area contributed by atoms with Crippen molar-refractivity contribution in [3.05, 3.63) is 22.7 Å². The molecule has 0 radical (unpaired) electrons. The average molecular weight is 333 g/mol. The number of ether oxygens (including phenoxy) is 1. The van der Waals surface area contributed by atoms with Crippen molar-refractivity contribution in [3.8, 4) is 0 Å². The van der Waals surface area contributed by atoms with Crippen LogP contribution in [0.3, 0.4) is 0 Å². The Bertz CT molecular complexity index is 826. The number of nitrogen functional groups attached to an aromatic ring is 1. The first-order chi connectivity index (χ1) is 11.2. The highest BCUT2D eigenvalue weighted by atomic mass is 16.6. The summed E-state index contributed by atoms with van der Waals surface area (Å²) in [5, 5.41) is 0. The van der Waals surface area contributed by atoms with E-state index in [-0.39, 0.29) is 23.9 Å². The van der Waals surface area contributed by atoms with E-state index >= 15 is 0 Å². The minimum atomic E-state index is -0.521. The molecule has 1 aliphatic rings. The number of aromatic nitrogens is 3. The van der Waals surface area contributed by atoms with E-state index in [0.29, 0.717) is 24.2 Å². The number of nitrogens with two attached hydrogens (primary N) is 1. The summed E-state index contributed by atoms with van der Waals surface area (Å²) in [6.45, 7) is 5.52. The van der Waals surface area contributed by atoms with E-state index in [0.717, 1.165) is 5.52 Å². The summed E-state index contributed by atoms with van der Waals surface area (Å²) >= 11 is 0. The van der Waals surface area contributed by atoms with Crippen molar-refractivity contribution in [1.82, 2.24) is 19.4 Å². The maximum absolute atomic E-state index is 12.2. The minimum Gasteiger partial charge on any atom is -0.444 e. The highest BCUT2D eigenvalue weighted by Gasteiger charge is 2.38. The standard InChI is InChI=1S/C16H23N5O3/c1-16(2,3)24-15(23)20(4)9-7-10(8-9)21-11-5-6-18-13(17)12(11)19-14(21)22/h5-6,9-10H,7-8H2,1-4H3,(H2,17,18)(H,19,22). The van der Waals surface area contributed by atoms with Gasteiger partial charge in [-0.05, 0) is 39.7 Å². The molecule has 8 nitrogen and oxygen atoms in total. The lowest BCUT2D eigenvalue weighted by atomic mass is 9.85. The van der Waals surface area contributed by atoms with E-state index in [9.17, 15) is 9.59 Å². The Morgan fingerprint density at radius 1 is 1.46 bits per heavy atom. The van der Waals surface area contributed by atoms with Gasteiger partial charge in [-0.25, -0.2) is 14.6 Å². The maximum atomic E-state index is 12.2. The van der Waals surface area contributed by atoms with E-state index in [1.807, 2.05) is 20.8 Å². The number of fused-ring (bicyclic) bond motifs is 1. The van der Waals surface area contributed by atoms with Crippen LogP contribution >= 0.6 is 0 Å². The number of nitrogens with one attached hydrogen (secondary N) is 1. The molecule has 8 heteroatoms. The van der Waals surface area contributed by atoms with Crippen LogP contribution in [0.1, 0.15) is 39.7 Å². The Hall–Kier alpha value is -2.51. The molecule has 2 aromatic heterocycles. The molecule has 1 saturated carbocycles. The number of anilines is 1. The van der Waals surface area contributed by atoms with Gasteiger partial charge in [0.05, 0.1) is 5.52 Å². The largest absolute Gasteiger partial charge is 0.444 e. The van der Waals surface area contributed by atoms with Gasteiger partial charge in [0.1, 0.15) is 16.9 Å². The van der Waals surface area contributed by atoms with Crippen LogP contribution in [0.25, 0.3) is 11.0 Å². The number of aromatic amines is 1. The zero-order valence-corrected chi connectivity index (χ0v) is 14.4. The molecule has 3 rings (SSSR count). The fourth-order valence-electron chi connectivity index (χ4n) is 3.00. The Morgan fingerprint density at radius 2 is 2.12 bits per heavy atom. The number of hydrogen-bond donors (Lipinski definition) is 2. The predicted octanol–water partition coefficient (Wildman–Crippen LogP) is 1.88. The van der Waals surface area contributed by atoms with Gasteiger partial charge in [0.15, 0.2) is 0 Å². The van der Waals surface area contributed by atoms with Gasteiger partial charge >= 0.3 is 11.8 Å². The van der Waals surface area contributed by atoms with E-state index in [1.165, 1.54) is 0 Å². The third-order valence-corrected chi connectivity index (χ3v) is 4.35. The Kier molecular flexibility index (Phi) is 3.77. The second-order valence-corrected chi connectivity index (χ2v) is 7.26. The zero-order chi connectivity index (χ0) is 17.6. The van der Waals surface area contributed by atoms with Crippen LogP contribution in [0.4, 0.5) is 10.6 Å². The van der Waals surface area contributed by atoms with Gasteiger partial charge in [-0.2, -0.15) is 0 Å². The zero-order valence-electron chi connectivity index (χ0n) is 14.4. The molecule has 1 aliphatic carbocycles. The van der Waals surface area contributed by atoms with Gasteiger partial charge in [-0.3, -0.25) is 4.57 Å². The number of imidazole rings is 1. The minimum absolute atomic E-state index is 0.0305. The number of pyridine rings is 1. The van der Waals surface area contributed by atoms with Gasteiger partial charge in [0.25, 0.3) is 0 Å². The fraction of sp³-hybridized carbons (Fsp3) is 0.562. The van der Waals surface area contributed by atoms with Crippen LogP contribution in [0.2, 0.25) is 0 Å². The smallest absolute Gasteiger partial charge is 0.410 e. The number of rotatable bonds is 2. The van der Waals surface area contributed by atoms with Crippen molar-refractivity contribution in [2.45, 2.75) is 51.3 Å². The lowest BCUT2D eigenvalue weighted by molar-refractivity contribution is 0.00790. The average Bonchev–Trinajstić information content (AvgIpc) is 2.74. The molecule has 1 fully saturated rings. The SMILES string of the molecule is CN(C(=O)OC(C)(C)C)C1CC(n2c(=O)[nH]c3c(N)nccc32)C1. The second-order valence-electron chi connectivity index (χ2n) is 7.26. The van der Waals surface area contributed by atoms with Crippen molar-refractivity contribution in [2.24, 2.45) is 0 Å². The summed E-state index contributed by atoms with van der Waals surface area (Å²) in [6.07, 6.45) is 2.64. The summed E-state index contributed by atoms with van der Waals surface area (Å²) in [5.41, 5.74) is 6.39. The van der Waals surface area contributed by atoms with Crippen LogP contribution in [0.5, 0.6) is 0 Å². The number of amides is 1. The summed E-state index contributed by atoms with van der Waals surface area (Å²) in [6, 6.07) is 1.86. The first-order valence-electron chi connectivity index (χ1n) is 7.98. The van der Waals surface area contributed by atoms with Gasteiger partial charge in [0, 0.05) is 25.3 Å². The number of hydrogen-bond acceptors (Lipinski definition) is 5. The van der Waals surface area contributed by atoms with Crippen LogP contribution in [-0.2, 0) is 4.74 Å². The van der Waals surface area contributed by atoms with E-state index in [2.05, 4.69) is 9.97 Å². The van der Waals surface area contributed by atoms with Crippen molar-refractivity contribution < 1.29 is 9.53 Å². The Morgan fingerprint density at radius 3 is 2.75 bits per heavy atom.